The summed E-state index contributed by atoms with van der Waals surface area (Å²) in [7, 11) is 1.64. The molecule has 0 unspecified atom stereocenters. The Balaban J connectivity index is 1.40. The van der Waals surface area contributed by atoms with Crippen molar-refractivity contribution < 1.29 is 9.53 Å². The van der Waals surface area contributed by atoms with Crippen LogP contribution in [0.25, 0.3) is 11.0 Å². The number of H-pyrrole nitrogens is 1. The molecule has 0 spiro atoms. The number of carbonyl (C=O) groups excluding carboxylic acids is 1. The van der Waals surface area contributed by atoms with Gasteiger partial charge in [-0.3, -0.25) is 4.79 Å². The number of methoxy groups -OCH3 is 1. The zero-order chi connectivity index (χ0) is 19.5. The number of amides is 1. The number of ether oxygens (including phenoxy) is 1. The normalized spacial score (nSPS) is 16.9. The summed E-state index contributed by atoms with van der Waals surface area (Å²) in [4.78, 5) is 22.8. The molecular formula is C21H23ClN4O2. The SMILES string of the molecule is COc1cccc(CNC(=O)[C@@H]2CCCN(c3nc4ccc(Cl)cc4[nH]3)C2)c1. The lowest BCUT2D eigenvalue weighted by Gasteiger charge is -2.31. The smallest absolute Gasteiger partial charge is 0.225 e. The third-order valence-corrected chi connectivity index (χ3v) is 5.36. The van der Waals surface area contributed by atoms with Crippen LogP contribution < -0.4 is 15.0 Å². The summed E-state index contributed by atoms with van der Waals surface area (Å²) >= 11 is 6.06. The van der Waals surface area contributed by atoms with Crippen molar-refractivity contribution in [2.45, 2.75) is 19.4 Å². The fraction of sp³-hybridized carbons (Fsp3) is 0.333. The highest BCUT2D eigenvalue weighted by Gasteiger charge is 2.27. The summed E-state index contributed by atoms with van der Waals surface area (Å²) in [6.45, 7) is 2.03. The monoisotopic (exact) mass is 398 g/mol. The number of rotatable bonds is 5. The topological polar surface area (TPSA) is 70.2 Å². The second kappa shape index (κ2) is 8.10. The number of benzene rings is 2. The van der Waals surface area contributed by atoms with Crippen LogP contribution in [0.5, 0.6) is 5.75 Å². The van der Waals surface area contributed by atoms with E-state index in [1.807, 2.05) is 42.5 Å². The third-order valence-electron chi connectivity index (χ3n) is 5.12. The number of fused-ring (bicyclic) bond motifs is 1. The Morgan fingerprint density at radius 2 is 2.25 bits per heavy atom. The predicted molar refractivity (Wildman–Crippen MR) is 111 cm³/mol. The van der Waals surface area contributed by atoms with Gasteiger partial charge in [0.2, 0.25) is 11.9 Å². The second-order valence-corrected chi connectivity index (χ2v) is 7.51. The lowest BCUT2D eigenvalue weighted by atomic mass is 9.97. The molecule has 2 heterocycles. The minimum Gasteiger partial charge on any atom is -0.497 e. The van der Waals surface area contributed by atoms with Gasteiger partial charge in [0.25, 0.3) is 0 Å². The predicted octanol–water partition coefficient (Wildman–Crippen LogP) is 3.76. The van der Waals surface area contributed by atoms with E-state index in [4.69, 9.17) is 16.3 Å². The van der Waals surface area contributed by atoms with Crippen LogP contribution in [0.2, 0.25) is 5.02 Å². The molecule has 28 heavy (non-hydrogen) atoms. The van der Waals surface area contributed by atoms with Crippen LogP contribution in [0.1, 0.15) is 18.4 Å². The molecule has 1 aromatic heterocycles. The van der Waals surface area contributed by atoms with Gasteiger partial charge in [-0.2, -0.15) is 0 Å². The van der Waals surface area contributed by atoms with Gasteiger partial charge in [-0.25, -0.2) is 4.98 Å². The minimum atomic E-state index is -0.0591. The maximum absolute atomic E-state index is 12.7. The van der Waals surface area contributed by atoms with Crippen molar-refractivity contribution in [3.63, 3.8) is 0 Å². The van der Waals surface area contributed by atoms with E-state index < -0.39 is 0 Å². The Bertz CT molecular complexity index is 987. The van der Waals surface area contributed by atoms with Gasteiger partial charge in [0.05, 0.1) is 24.1 Å². The van der Waals surface area contributed by atoms with E-state index in [-0.39, 0.29) is 11.8 Å². The Morgan fingerprint density at radius 1 is 1.36 bits per heavy atom. The quantitative estimate of drug-likeness (QED) is 0.686. The molecule has 7 heteroatoms. The number of nitrogens with one attached hydrogen (secondary N) is 2. The fourth-order valence-electron chi connectivity index (χ4n) is 3.62. The molecule has 0 radical (unpaired) electrons. The lowest BCUT2D eigenvalue weighted by molar-refractivity contribution is -0.125. The van der Waals surface area contributed by atoms with Crippen LogP contribution >= 0.6 is 11.6 Å². The molecule has 0 aliphatic carbocycles. The standard InChI is InChI=1S/C21H23ClN4O2/c1-28-17-6-2-4-14(10-17)12-23-20(27)15-5-3-9-26(13-15)21-24-18-8-7-16(22)11-19(18)25-21/h2,4,6-8,10-11,15H,3,5,9,12-13H2,1H3,(H,23,27)(H,24,25)/t15-/m1/s1. The summed E-state index contributed by atoms with van der Waals surface area (Å²) in [6.07, 6.45) is 1.83. The largest absolute Gasteiger partial charge is 0.497 e. The average molecular weight is 399 g/mol. The molecule has 6 nitrogen and oxygen atoms in total. The van der Waals surface area contributed by atoms with E-state index in [1.54, 1.807) is 7.11 Å². The highest BCUT2D eigenvalue weighted by molar-refractivity contribution is 6.31. The van der Waals surface area contributed by atoms with Gasteiger partial charge in [-0.1, -0.05) is 23.7 Å². The summed E-state index contributed by atoms with van der Waals surface area (Å²) < 4.78 is 5.24. The number of hydrogen-bond donors (Lipinski definition) is 2. The molecular weight excluding hydrogens is 376 g/mol. The van der Waals surface area contributed by atoms with Gasteiger partial charge in [0.15, 0.2) is 0 Å². The van der Waals surface area contributed by atoms with Crippen LogP contribution in [-0.4, -0.2) is 36.1 Å². The molecule has 1 aliphatic rings. The van der Waals surface area contributed by atoms with Gasteiger partial charge in [-0.15, -0.1) is 0 Å². The van der Waals surface area contributed by atoms with Crippen molar-refractivity contribution in [2.75, 3.05) is 25.1 Å². The summed E-state index contributed by atoms with van der Waals surface area (Å²) in [5.74, 6) is 1.60. The summed E-state index contributed by atoms with van der Waals surface area (Å²) in [5.41, 5.74) is 2.81. The number of aromatic amines is 1. The summed E-state index contributed by atoms with van der Waals surface area (Å²) in [6, 6.07) is 13.3. The molecule has 146 valence electrons. The molecule has 3 aromatic rings. The zero-order valence-corrected chi connectivity index (χ0v) is 16.5. The molecule has 0 bridgehead atoms. The molecule has 1 fully saturated rings. The van der Waals surface area contributed by atoms with Gasteiger partial charge in [0.1, 0.15) is 5.75 Å². The first kappa shape index (κ1) is 18.6. The first-order chi connectivity index (χ1) is 13.6. The van der Waals surface area contributed by atoms with Gasteiger partial charge < -0.3 is 19.9 Å². The average Bonchev–Trinajstić information content (AvgIpc) is 3.15. The van der Waals surface area contributed by atoms with Gasteiger partial charge in [-0.05, 0) is 48.7 Å². The van der Waals surface area contributed by atoms with Crippen LogP contribution in [0.3, 0.4) is 0 Å². The number of hydrogen-bond acceptors (Lipinski definition) is 4. The first-order valence-electron chi connectivity index (χ1n) is 9.43. The van der Waals surface area contributed by atoms with Crippen molar-refractivity contribution in [2.24, 2.45) is 5.92 Å². The maximum Gasteiger partial charge on any atom is 0.225 e. The Kier molecular flexibility index (Phi) is 5.39. The number of piperidine rings is 1. The van der Waals surface area contributed by atoms with E-state index in [0.29, 0.717) is 18.1 Å². The Morgan fingerprint density at radius 3 is 3.11 bits per heavy atom. The number of aromatic nitrogens is 2. The molecule has 2 aromatic carbocycles. The highest BCUT2D eigenvalue weighted by Crippen LogP contribution is 2.25. The van der Waals surface area contributed by atoms with E-state index >= 15 is 0 Å². The van der Waals surface area contributed by atoms with E-state index in [1.165, 1.54) is 0 Å². The Labute approximate surface area is 168 Å². The number of anilines is 1. The highest BCUT2D eigenvalue weighted by atomic mass is 35.5. The van der Waals surface area contributed by atoms with Crippen molar-refractivity contribution in [1.29, 1.82) is 0 Å². The minimum absolute atomic E-state index is 0.0591. The molecule has 1 saturated heterocycles. The fourth-order valence-corrected chi connectivity index (χ4v) is 3.79. The van der Waals surface area contributed by atoms with Crippen molar-refractivity contribution in [1.82, 2.24) is 15.3 Å². The lowest BCUT2D eigenvalue weighted by Crippen LogP contribution is -2.43. The second-order valence-electron chi connectivity index (χ2n) is 7.08. The van der Waals surface area contributed by atoms with Crippen molar-refractivity contribution in [3.8, 4) is 5.75 Å². The molecule has 0 saturated carbocycles. The van der Waals surface area contributed by atoms with Crippen LogP contribution in [0.15, 0.2) is 42.5 Å². The van der Waals surface area contributed by atoms with Crippen LogP contribution in [-0.2, 0) is 11.3 Å². The number of halogens is 1. The number of carbonyl (C=O) groups is 1. The Hall–Kier alpha value is -2.73. The zero-order valence-electron chi connectivity index (χ0n) is 15.7. The summed E-state index contributed by atoms with van der Waals surface area (Å²) in [5, 5.41) is 3.73. The first-order valence-corrected chi connectivity index (χ1v) is 9.81. The number of imidazole rings is 1. The van der Waals surface area contributed by atoms with Crippen molar-refractivity contribution in [3.05, 3.63) is 53.1 Å². The third kappa shape index (κ3) is 4.07. The maximum atomic E-state index is 12.7. The van der Waals surface area contributed by atoms with E-state index in [9.17, 15) is 4.79 Å². The van der Waals surface area contributed by atoms with Crippen LogP contribution in [0.4, 0.5) is 5.95 Å². The van der Waals surface area contributed by atoms with Crippen molar-refractivity contribution >= 4 is 34.5 Å². The molecule has 4 rings (SSSR count). The van der Waals surface area contributed by atoms with Gasteiger partial charge >= 0.3 is 0 Å². The van der Waals surface area contributed by atoms with Crippen LogP contribution in [0, 0.1) is 5.92 Å². The van der Waals surface area contributed by atoms with Gasteiger partial charge in [0, 0.05) is 24.7 Å². The number of nitrogens with zero attached hydrogens (tertiary/aromatic N) is 2. The molecule has 1 atom stereocenters. The van der Waals surface area contributed by atoms with E-state index in [0.717, 1.165) is 47.7 Å². The molecule has 2 N–H and O–H groups in total. The molecule has 1 aliphatic heterocycles. The molecule has 1 amide bonds. The van der Waals surface area contributed by atoms with E-state index in [2.05, 4.69) is 20.2 Å².